The molecule has 2 heterocycles. The van der Waals surface area contributed by atoms with Crippen molar-refractivity contribution < 1.29 is 9.59 Å². The SMILES string of the molecule is Cc1c(Br)cnn1C(C)C(=O)N1CCC(=O)C2CCCCC21. The Morgan fingerprint density at radius 3 is 2.82 bits per heavy atom. The van der Waals surface area contributed by atoms with E-state index in [-0.39, 0.29) is 23.9 Å². The number of hydrogen-bond donors (Lipinski definition) is 0. The van der Waals surface area contributed by atoms with Crippen molar-refractivity contribution in [1.82, 2.24) is 14.7 Å². The van der Waals surface area contributed by atoms with Gasteiger partial charge >= 0.3 is 0 Å². The highest BCUT2D eigenvalue weighted by atomic mass is 79.9. The van der Waals surface area contributed by atoms with Crippen LogP contribution in [0.5, 0.6) is 0 Å². The number of fused-ring (bicyclic) bond motifs is 1. The summed E-state index contributed by atoms with van der Waals surface area (Å²) in [7, 11) is 0. The summed E-state index contributed by atoms with van der Waals surface area (Å²) in [6.45, 7) is 4.40. The predicted molar refractivity (Wildman–Crippen MR) is 86.5 cm³/mol. The van der Waals surface area contributed by atoms with Gasteiger partial charge in [-0.15, -0.1) is 0 Å². The average Bonchev–Trinajstić information content (AvgIpc) is 2.86. The Hall–Kier alpha value is -1.17. The summed E-state index contributed by atoms with van der Waals surface area (Å²) in [6, 6.07) is -0.230. The third-order valence-corrected chi connectivity index (χ3v) is 5.91. The molecule has 1 saturated carbocycles. The van der Waals surface area contributed by atoms with Gasteiger partial charge in [0.25, 0.3) is 0 Å². The zero-order valence-electron chi connectivity index (χ0n) is 13.1. The van der Waals surface area contributed by atoms with E-state index in [2.05, 4.69) is 21.0 Å². The number of amides is 1. The van der Waals surface area contributed by atoms with Crippen LogP contribution in [0.1, 0.15) is 50.8 Å². The molecule has 1 saturated heterocycles. The maximum atomic E-state index is 13.0. The van der Waals surface area contributed by atoms with Crippen LogP contribution in [0.4, 0.5) is 0 Å². The molecule has 5 nitrogen and oxygen atoms in total. The zero-order chi connectivity index (χ0) is 15.9. The summed E-state index contributed by atoms with van der Waals surface area (Å²) >= 11 is 3.44. The normalized spacial score (nSPS) is 26.7. The molecule has 0 bridgehead atoms. The summed E-state index contributed by atoms with van der Waals surface area (Å²) in [6.07, 6.45) is 6.34. The van der Waals surface area contributed by atoms with E-state index in [4.69, 9.17) is 0 Å². The summed E-state index contributed by atoms with van der Waals surface area (Å²) < 4.78 is 2.68. The summed E-state index contributed by atoms with van der Waals surface area (Å²) in [5, 5.41) is 4.31. The first-order valence-electron chi connectivity index (χ1n) is 8.03. The molecule has 1 amide bonds. The molecule has 3 atom stereocenters. The van der Waals surface area contributed by atoms with Gasteiger partial charge in [-0.1, -0.05) is 12.8 Å². The van der Waals surface area contributed by atoms with Crippen LogP contribution < -0.4 is 0 Å². The number of rotatable bonds is 2. The lowest BCUT2D eigenvalue weighted by Crippen LogP contribution is -2.54. The van der Waals surface area contributed by atoms with Crippen LogP contribution in [0.25, 0.3) is 0 Å². The largest absolute Gasteiger partial charge is 0.337 e. The lowest BCUT2D eigenvalue weighted by molar-refractivity contribution is -0.145. The molecular weight excluding hydrogens is 346 g/mol. The van der Waals surface area contributed by atoms with Crippen molar-refractivity contribution in [1.29, 1.82) is 0 Å². The van der Waals surface area contributed by atoms with Crippen LogP contribution in [0, 0.1) is 12.8 Å². The van der Waals surface area contributed by atoms with Gasteiger partial charge in [-0.2, -0.15) is 5.10 Å². The highest BCUT2D eigenvalue weighted by Crippen LogP contribution is 2.34. The topological polar surface area (TPSA) is 55.2 Å². The van der Waals surface area contributed by atoms with Crippen molar-refractivity contribution in [2.75, 3.05) is 6.54 Å². The van der Waals surface area contributed by atoms with Crippen LogP contribution in [-0.2, 0) is 9.59 Å². The second kappa shape index (κ2) is 6.14. The molecule has 2 aliphatic rings. The molecule has 3 rings (SSSR count). The molecule has 1 aromatic heterocycles. The van der Waals surface area contributed by atoms with Crippen molar-refractivity contribution in [3.05, 3.63) is 16.4 Å². The second-order valence-electron chi connectivity index (χ2n) is 6.40. The van der Waals surface area contributed by atoms with Crippen molar-refractivity contribution in [2.24, 2.45) is 5.92 Å². The fourth-order valence-corrected chi connectivity index (χ4v) is 4.13. The maximum absolute atomic E-state index is 13.0. The number of carbonyl (C=O) groups excluding carboxylic acids is 2. The Balaban J connectivity index is 1.81. The fourth-order valence-electron chi connectivity index (χ4n) is 3.85. The molecule has 3 unspecified atom stereocenters. The molecule has 0 aromatic carbocycles. The van der Waals surface area contributed by atoms with Crippen molar-refractivity contribution in [3.8, 4) is 0 Å². The number of piperidine rings is 1. The Morgan fingerprint density at radius 1 is 1.41 bits per heavy atom. The summed E-state index contributed by atoms with van der Waals surface area (Å²) in [4.78, 5) is 27.0. The number of ketones is 1. The first-order chi connectivity index (χ1) is 10.5. The van der Waals surface area contributed by atoms with Gasteiger partial charge in [0.2, 0.25) is 5.91 Å². The van der Waals surface area contributed by atoms with E-state index in [0.29, 0.717) is 18.7 Å². The van der Waals surface area contributed by atoms with E-state index >= 15 is 0 Å². The minimum atomic E-state index is -0.331. The van der Waals surface area contributed by atoms with Crippen molar-refractivity contribution in [3.63, 3.8) is 0 Å². The standard InChI is InChI=1S/C16H22BrN3O2/c1-10-13(17)9-18-20(10)11(2)16(22)19-8-7-15(21)12-5-3-4-6-14(12)19/h9,11-12,14H,3-8H2,1-2H3. The molecule has 120 valence electrons. The van der Waals surface area contributed by atoms with Crippen molar-refractivity contribution in [2.45, 2.75) is 58.0 Å². The lowest BCUT2D eigenvalue weighted by atomic mass is 9.77. The predicted octanol–water partition coefficient (Wildman–Crippen LogP) is 2.88. The monoisotopic (exact) mass is 367 g/mol. The first kappa shape index (κ1) is 15.7. The first-order valence-corrected chi connectivity index (χ1v) is 8.83. The minimum Gasteiger partial charge on any atom is -0.337 e. The van der Waals surface area contributed by atoms with Gasteiger partial charge in [0.1, 0.15) is 11.8 Å². The quantitative estimate of drug-likeness (QED) is 0.807. The number of likely N-dealkylation sites (tertiary alicyclic amines) is 1. The Labute approximate surface area is 139 Å². The Bertz CT molecular complexity index is 598. The van der Waals surface area contributed by atoms with Gasteiger partial charge in [0.05, 0.1) is 16.4 Å². The van der Waals surface area contributed by atoms with E-state index in [9.17, 15) is 9.59 Å². The van der Waals surface area contributed by atoms with Gasteiger partial charge in [-0.3, -0.25) is 14.3 Å². The number of aromatic nitrogens is 2. The number of nitrogens with zero attached hydrogens (tertiary/aromatic N) is 3. The highest BCUT2D eigenvalue weighted by molar-refractivity contribution is 9.10. The summed E-state index contributed by atoms with van der Waals surface area (Å²) in [5.74, 6) is 0.492. The smallest absolute Gasteiger partial charge is 0.247 e. The molecule has 6 heteroatoms. The van der Waals surface area contributed by atoms with Crippen molar-refractivity contribution >= 4 is 27.6 Å². The Morgan fingerprint density at radius 2 is 2.14 bits per heavy atom. The van der Waals surface area contributed by atoms with E-state index in [1.165, 1.54) is 0 Å². The average molecular weight is 368 g/mol. The molecule has 2 fully saturated rings. The molecule has 1 aliphatic carbocycles. The maximum Gasteiger partial charge on any atom is 0.247 e. The molecule has 0 radical (unpaired) electrons. The number of carbonyl (C=O) groups is 2. The van der Waals surface area contributed by atoms with Gasteiger partial charge in [-0.05, 0) is 42.6 Å². The van der Waals surface area contributed by atoms with Gasteiger partial charge < -0.3 is 4.90 Å². The van der Waals surface area contributed by atoms with E-state index in [1.54, 1.807) is 10.9 Å². The van der Waals surface area contributed by atoms with Crippen LogP contribution in [0.2, 0.25) is 0 Å². The van der Waals surface area contributed by atoms with E-state index in [0.717, 1.165) is 35.8 Å². The number of halogens is 1. The van der Waals surface area contributed by atoms with Gasteiger partial charge in [0, 0.05) is 24.9 Å². The lowest BCUT2D eigenvalue weighted by Gasteiger charge is -2.44. The van der Waals surface area contributed by atoms with E-state index < -0.39 is 0 Å². The van der Waals surface area contributed by atoms with Gasteiger partial charge in [-0.25, -0.2) is 0 Å². The zero-order valence-corrected chi connectivity index (χ0v) is 14.7. The Kier molecular flexibility index (Phi) is 4.39. The van der Waals surface area contributed by atoms with Gasteiger partial charge in [0.15, 0.2) is 0 Å². The molecule has 0 spiro atoms. The minimum absolute atomic E-state index is 0.0594. The third kappa shape index (κ3) is 2.62. The van der Waals surface area contributed by atoms with Crippen LogP contribution >= 0.6 is 15.9 Å². The second-order valence-corrected chi connectivity index (χ2v) is 7.26. The van der Waals surface area contributed by atoms with Crippen LogP contribution in [0.15, 0.2) is 10.7 Å². The third-order valence-electron chi connectivity index (χ3n) is 5.13. The highest BCUT2D eigenvalue weighted by Gasteiger charge is 2.41. The fraction of sp³-hybridized carbons (Fsp3) is 0.688. The molecule has 1 aromatic rings. The number of Topliss-reactive ketones (excluding diaryl/α,β-unsaturated/α-hetero) is 1. The van der Waals surface area contributed by atoms with Crippen LogP contribution in [-0.4, -0.2) is 39.0 Å². The molecule has 1 aliphatic heterocycles. The molecular formula is C16H22BrN3O2. The van der Waals surface area contributed by atoms with E-state index in [1.807, 2.05) is 18.7 Å². The summed E-state index contributed by atoms with van der Waals surface area (Å²) in [5.41, 5.74) is 0.953. The van der Waals surface area contributed by atoms with Crippen LogP contribution in [0.3, 0.4) is 0 Å². The number of hydrogen-bond acceptors (Lipinski definition) is 3. The molecule has 0 N–H and O–H groups in total. The molecule has 22 heavy (non-hydrogen) atoms.